The predicted octanol–water partition coefficient (Wildman–Crippen LogP) is 1.46. The fourth-order valence-electron chi connectivity index (χ4n) is 1.24. The highest BCUT2D eigenvalue weighted by atomic mass is 15.0. The van der Waals surface area contributed by atoms with Crippen molar-refractivity contribution in [1.29, 1.82) is 0 Å². The van der Waals surface area contributed by atoms with Gasteiger partial charge in [-0.2, -0.15) is 0 Å². The lowest BCUT2D eigenvalue weighted by atomic mass is 10.2. The van der Waals surface area contributed by atoms with Gasteiger partial charge in [0, 0.05) is 19.8 Å². The zero-order valence-corrected chi connectivity index (χ0v) is 5.96. The number of nitrogens with zero attached hydrogens (tertiary/aromatic N) is 1. The fourth-order valence-corrected chi connectivity index (χ4v) is 1.24. The van der Waals surface area contributed by atoms with Crippen LogP contribution >= 0.6 is 0 Å². The van der Waals surface area contributed by atoms with Gasteiger partial charge in [0.15, 0.2) is 0 Å². The van der Waals surface area contributed by atoms with Crippen molar-refractivity contribution >= 4 is 11.8 Å². The van der Waals surface area contributed by atoms with Crippen molar-refractivity contribution in [3.63, 3.8) is 0 Å². The average molecular weight is 134 g/mol. The largest absolute Gasteiger partial charge is 0.380 e. The number of fused-ring (bicyclic) bond motifs is 1. The monoisotopic (exact) mass is 134 g/mol. The van der Waals surface area contributed by atoms with Crippen molar-refractivity contribution in [2.24, 2.45) is 7.05 Å². The molecular weight excluding hydrogens is 124 g/mol. The predicted molar refractivity (Wildman–Crippen MR) is 42.9 cm³/mol. The minimum absolute atomic E-state index is 0.955. The molecular formula is C8H10N2. The van der Waals surface area contributed by atoms with Crippen LogP contribution in [-0.4, -0.2) is 11.1 Å². The lowest BCUT2D eigenvalue weighted by Gasteiger charge is -2.08. The maximum absolute atomic E-state index is 3.28. The van der Waals surface area contributed by atoms with E-state index in [0.29, 0.717) is 0 Å². The van der Waals surface area contributed by atoms with Gasteiger partial charge >= 0.3 is 0 Å². The van der Waals surface area contributed by atoms with E-state index in [2.05, 4.69) is 41.3 Å². The molecule has 2 heterocycles. The number of hydrogen-bond acceptors (Lipinski definition) is 1. The first-order valence-electron chi connectivity index (χ1n) is 3.43. The molecule has 10 heavy (non-hydrogen) atoms. The molecule has 52 valence electrons. The van der Waals surface area contributed by atoms with Crippen LogP contribution in [0.4, 0.5) is 5.69 Å². The van der Waals surface area contributed by atoms with Crippen molar-refractivity contribution in [2.75, 3.05) is 11.9 Å². The Bertz CT molecular complexity index is 271. The van der Waals surface area contributed by atoms with Crippen LogP contribution in [0.1, 0.15) is 5.69 Å². The average Bonchev–Trinajstić information content (AvgIpc) is 2.34. The molecule has 0 bridgehead atoms. The summed E-state index contributed by atoms with van der Waals surface area (Å²) >= 11 is 0. The van der Waals surface area contributed by atoms with Crippen LogP contribution in [0, 0.1) is 0 Å². The second kappa shape index (κ2) is 1.90. The highest BCUT2D eigenvalue weighted by Crippen LogP contribution is 2.20. The number of nitrogens with one attached hydrogen (secondary N) is 1. The molecule has 0 spiro atoms. The summed E-state index contributed by atoms with van der Waals surface area (Å²) in [5, 5.41) is 3.28. The summed E-state index contributed by atoms with van der Waals surface area (Å²) in [6.45, 7) is 0.955. The summed E-state index contributed by atoms with van der Waals surface area (Å²) < 4.78 is 2.11. The van der Waals surface area contributed by atoms with Crippen LogP contribution in [0.2, 0.25) is 0 Å². The van der Waals surface area contributed by atoms with Crippen molar-refractivity contribution < 1.29 is 0 Å². The summed E-state index contributed by atoms with van der Waals surface area (Å²) in [4.78, 5) is 0. The summed E-state index contributed by atoms with van der Waals surface area (Å²) in [7, 11) is 2.05. The van der Waals surface area contributed by atoms with Gasteiger partial charge in [0.25, 0.3) is 0 Å². The SMILES string of the molecule is Cn1ccc2c1C=CCN2. The van der Waals surface area contributed by atoms with Crippen LogP contribution in [0.15, 0.2) is 18.3 Å². The van der Waals surface area contributed by atoms with Crippen molar-refractivity contribution in [2.45, 2.75) is 0 Å². The lowest BCUT2D eigenvalue weighted by molar-refractivity contribution is 0.912. The van der Waals surface area contributed by atoms with Gasteiger partial charge in [-0.3, -0.25) is 0 Å². The van der Waals surface area contributed by atoms with E-state index in [1.54, 1.807) is 0 Å². The van der Waals surface area contributed by atoms with Crippen LogP contribution in [0.25, 0.3) is 6.08 Å². The van der Waals surface area contributed by atoms with Crippen molar-refractivity contribution in [1.82, 2.24) is 4.57 Å². The first kappa shape index (κ1) is 5.59. The minimum atomic E-state index is 0.955. The summed E-state index contributed by atoms with van der Waals surface area (Å²) in [6.07, 6.45) is 6.33. The Labute approximate surface area is 60.2 Å². The van der Waals surface area contributed by atoms with Gasteiger partial charge < -0.3 is 9.88 Å². The maximum atomic E-state index is 3.28. The normalized spacial score (nSPS) is 14.5. The summed E-state index contributed by atoms with van der Waals surface area (Å²) in [5.74, 6) is 0. The Morgan fingerprint density at radius 1 is 1.60 bits per heavy atom. The summed E-state index contributed by atoms with van der Waals surface area (Å²) in [5.41, 5.74) is 2.51. The number of rotatable bonds is 0. The van der Waals surface area contributed by atoms with E-state index >= 15 is 0 Å². The van der Waals surface area contributed by atoms with Gasteiger partial charge in [-0.05, 0) is 12.1 Å². The molecule has 0 radical (unpaired) electrons. The molecule has 0 aliphatic carbocycles. The zero-order valence-electron chi connectivity index (χ0n) is 5.96. The molecule has 1 aromatic heterocycles. The van der Waals surface area contributed by atoms with E-state index < -0.39 is 0 Å². The quantitative estimate of drug-likeness (QED) is 0.568. The van der Waals surface area contributed by atoms with Crippen LogP contribution in [-0.2, 0) is 7.05 Å². The third-order valence-electron chi connectivity index (χ3n) is 1.81. The van der Waals surface area contributed by atoms with E-state index in [1.807, 2.05) is 0 Å². The lowest BCUT2D eigenvalue weighted by Crippen LogP contribution is -2.04. The highest BCUT2D eigenvalue weighted by molar-refractivity contribution is 5.67. The molecule has 0 unspecified atom stereocenters. The topological polar surface area (TPSA) is 17.0 Å². The number of hydrogen-bond donors (Lipinski definition) is 1. The Kier molecular flexibility index (Phi) is 1.07. The van der Waals surface area contributed by atoms with E-state index in [0.717, 1.165) is 6.54 Å². The van der Waals surface area contributed by atoms with Crippen LogP contribution < -0.4 is 5.32 Å². The molecule has 0 amide bonds. The first-order valence-corrected chi connectivity index (χ1v) is 3.43. The van der Waals surface area contributed by atoms with Crippen molar-refractivity contribution in [3.8, 4) is 0 Å². The molecule has 0 fully saturated rings. The molecule has 0 saturated carbocycles. The van der Waals surface area contributed by atoms with Crippen molar-refractivity contribution in [3.05, 3.63) is 24.0 Å². The highest BCUT2D eigenvalue weighted by Gasteiger charge is 2.04. The van der Waals surface area contributed by atoms with E-state index in [9.17, 15) is 0 Å². The molecule has 0 aromatic carbocycles. The molecule has 1 aromatic rings. The molecule has 2 heteroatoms. The van der Waals surface area contributed by atoms with Crippen LogP contribution in [0.5, 0.6) is 0 Å². The van der Waals surface area contributed by atoms with Gasteiger partial charge in [-0.25, -0.2) is 0 Å². The smallest absolute Gasteiger partial charge is 0.0637 e. The van der Waals surface area contributed by atoms with Gasteiger partial charge in [0.1, 0.15) is 0 Å². The first-order chi connectivity index (χ1) is 4.88. The molecule has 1 aliphatic heterocycles. The minimum Gasteiger partial charge on any atom is -0.380 e. The summed E-state index contributed by atoms with van der Waals surface area (Å²) in [6, 6.07) is 2.10. The Balaban J connectivity index is 2.57. The molecule has 1 aliphatic rings. The molecule has 2 rings (SSSR count). The van der Waals surface area contributed by atoms with E-state index in [-0.39, 0.29) is 0 Å². The second-order valence-corrected chi connectivity index (χ2v) is 2.51. The van der Waals surface area contributed by atoms with E-state index in [1.165, 1.54) is 11.4 Å². The number of aromatic nitrogens is 1. The second-order valence-electron chi connectivity index (χ2n) is 2.51. The van der Waals surface area contributed by atoms with Crippen LogP contribution in [0.3, 0.4) is 0 Å². The molecule has 0 atom stereocenters. The Morgan fingerprint density at radius 2 is 2.50 bits per heavy atom. The van der Waals surface area contributed by atoms with Gasteiger partial charge in [0.2, 0.25) is 0 Å². The third-order valence-corrected chi connectivity index (χ3v) is 1.81. The molecule has 1 N–H and O–H groups in total. The molecule has 0 saturated heterocycles. The fraction of sp³-hybridized carbons (Fsp3) is 0.250. The van der Waals surface area contributed by atoms with Gasteiger partial charge in [-0.15, -0.1) is 0 Å². The molecule has 2 nitrogen and oxygen atoms in total. The Hall–Kier alpha value is -1.18. The number of aryl methyl sites for hydroxylation is 1. The number of anilines is 1. The van der Waals surface area contributed by atoms with Gasteiger partial charge in [-0.1, -0.05) is 6.08 Å². The standard InChI is InChI=1S/C8H10N2/c1-10-6-4-7-8(10)3-2-5-9-7/h2-4,6,9H,5H2,1H3. The third kappa shape index (κ3) is 0.652. The zero-order chi connectivity index (χ0) is 6.97. The maximum Gasteiger partial charge on any atom is 0.0637 e. The van der Waals surface area contributed by atoms with Gasteiger partial charge in [0.05, 0.1) is 11.4 Å². The van der Waals surface area contributed by atoms with E-state index in [4.69, 9.17) is 0 Å². The Morgan fingerprint density at radius 3 is 3.30 bits per heavy atom.